The molecule has 2 rings (SSSR count). The lowest BCUT2D eigenvalue weighted by Gasteiger charge is -2.09. The summed E-state index contributed by atoms with van der Waals surface area (Å²) in [6, 6.07) is 5.72. The van der Waals surface area contributed by atoms with Crippen LogP contribution in [0.1, 0.15) is 18.9 Å². The van der Waals surface area contributed by atoms with Crippen LogP contribution in [0.15, 0.2) is 33.0 Å². The normalized spacial score (nSPS) is 10.9. The molecule has 2 aromatic rings. The third-order valence-corrected chi connectivity index (χ3v) is 4.11. The lowest BCUT2D eigenvalue weighted by Crippen LogP contribution is -2.17. The van der Waals surface area contributed by atoms with Crippen molar-refractivity contribution in [1.82, 2.24) is 20.1 Å². The van der Waals surface area contributed by atoms with Gasteiger partial charge in [-0.1, -0.05) is 18.5 Å². The second kappa shape index (κ2) is 6.97. The molecule has 0 atom stereocenters. The van der Waals surface area contributed by atoms with Crippen LogP contribution in [-0.4, -0.2) is 21.8 Å². The fourth-order valence-electron chi connectivity index (χ4n) is 1.88. The molecule has 5 nitrogen and oxygen atoms in total. The third kappa shape index (κ3) is 3.45. The summed E-state index contributed by atoms with van der Waals surface area (Å²) < 4.78 is 1.66. The molecule has 1 aromatic carbocycles. The minimum absolute atomic E-state index is 0.168. The fourth-order valence-corrected chi connectivity index (χ4v) is 3.04. The van der Waals surface area contributed by atoms with Gasteiger partial charge < -0.3 is 5.32 Å². The van der Waals surface area contributed by atoms with Crippen LogP contribution in [0, 0.1) is 0 Å². The summed E-state index contributed by atoms with van der Waals surface area (Å²) in [6.07, 6.45) is 0.886. The van der Waals surface area contributed by atoms with Crippen molar-refractivity contribution < 1.29 is 0 Å². The van der Waals surface area contributed by atoms with Gasteiger partial charge in [0.1, 0.15) is 0 Å². The number of halogens is 1. The number of H-pyrrole nitrogens is 1. The SMILES string of the molecule is CCCn1c(Sc2ccc(Cl)cc2CNC)n[nH]c1=O. The molecule has 0 unspecified atom stereocenters. The van der Waals surface area contributed by atoms with Crippen LogP contribution >= 0.6 is 23.4 Å². The molecule has 1 aromatic heterocycles. The molecule has 0 aliphatic heterocycles. The first kappa shape index (κ1) is 15.2. The number of aromatic nitrogens is 3. The third-order valence-electron chi connectivity index (χ3n) is 2.76. The highest BCUT2D eigenvalue weighted by molar-refractivity contribution is 7.99. The average Bonchev–Trinajstić information content (AvgIpc) is 2.75. The molecular formula is C13H17ClN4OS. The van der Waals surface area contributed by atoms with Crippen LogP contribution in [-0.2, 0) is 13.1 Å². The van der Waals surface area contributed by atoms with Crippen LogP contribution in [0.4, 0.5) is 0 Å². The Labute approximate surface area is 126 Å². The van der Waals surface area contributed by atoms with E-state index in [9.17, 15) is 4.79 Å². The monoisotopic (exact) mass is 312 g/mol. The van der Waals surface area contributed by atoms with E-state index in [1.165, 1.54) is 11.8 Å². The van der Waals surface area contributed by atoms with Gasteiger partial charge in [0, 0.05) is 23.0 Å². The van der Waals surface area contributed by atoms with E-state index in [1.807, 2.05) is 32.2 Å². The van der Waals surface area contributed by atoms with E-state index in [0.717, 1.165) is 16.9 Å². The topological polar surface area (TPSA) is 62.7 Å². The highest BCUT2D eigenvalue weighted by Gasteiger charge is 2.12. The average molecular weight is 313 g/mol. The maximum atomic E-state index is 11.7. The van der Waals surface area contributed by atoms with Gasteiger partial charge in [0.05, 0.1) is 0 Å². The molecule has 1 heterocycles. The van der Waals surface area contributed by atoms with Crippen molar-refractivity contribution in [3.05, 3.63) is 39.3 Å². The van der Waals surface area contributed by atoms with Crippen molar-refractivity contribution in [1.29, 1.82) is 0 Å². The summed E-state index contributed by atoms with van der Waals surface area (Å²) in [6.45, 7) is 3.40. The second-order valence-electron chi connectivity index (χ2n) is 4.35. The van der Waals surface area contributed by atoms with Gasteiger partial charge in [0.25, 0.3) is 0 Å². The van der Waals surface area contributed by atoms with E-state index in [0.29, 0.717) is 23.3 Å². The molecule has 0 saturated heterocycles. The zero-order valence-electron chi connectivity index (χ0n) is 11.4. The fraction of sp³-hybridized carbons (Fsp3) is 0.385. The Morgan fingerprint density at radius 2 is 2.30 bits per heavy atom. The maximum absolute atomic E-state index is 11.7. The van der Waals surface area contributed by atoms with Gasteiger partial charge in [-0.25, -0.2) is 9.89 Å². The Bertz CT molecular complexity index is 638. The highest BCUT2D eigenvalue weighted by Crippen LogP contribution is 2.30. The summed E-state index contributed by atoms with van der Waals surface area (Å²) >= 11 is 7.50. The zero-order chi connectivity index (χ0) is 14.5. The van der Waals surface area contributed by atoms with Gasteiger partial charge in [0.2, 0.25) is 0 Å². The first-order chi connectivity index (χ1) is 9.65. The van der Waals surface area contributed by atoms with Crippen molar-refractivity contribution in [3.63, 3.8) is 0 Å². The lowest BCUT2D eigenvalue weighted by molar-refractivity contribution is 0.603. The minimum Gasteiger partial charge on any atom is -0.316 e. The van der Waals surface area contributed by atoms with Crippen LogP contribution in [0.25, 0.3) is 0 Å². The van der Waals surface area contributed by atoms with E-state index in [1.54, 1.807) is 4.57 Å². The Balaban J connectivity index is 2.32. The summed E-state index contributed by atoms with van der Waals surface area (Å²) in [4.78, 5) is 12.7. The number of nitrogens with zero attached hydrogens (tertiary/aromatic N) is 2. The van der Waals surface area contributed by atoms with Crippen LogP contribution in [0.2, 0.25) is 5.02 Å². The summed E-state index contributed by atoms with van der Waals surface area (Å²) in [5, 5.41) is 11.1. The Morgan fingerprint density at radius 3 is 3.00 bits per heavy atom. The maximum Gasteiger partial charge on any atom is 0.343 e. The number of nitrogens with one attached hydrogen (secondary N) is 2. The number of aromatic amines is 1. The zero-order valence-corrected chi connectivity index (χ0v) is 13.0. The van der Waals surface area contributed by atoms with Crippen LogP contribution in [0.5, 0.6) is 0 Å². The number of hydrogen-bond acceptors (Lipinski definition) is 4. The van der Waals surface area contributed by atoms with Crippen molar-refractivity contribution in [2.24, 2.45) is 0 Å². The predicted molar refractivity (Wildman–Crippen MR) is 81.5 cm³/mol. The molecule has 108 valence electrons. The number of hydrogen-bond donors (Lipinski definition) is 2. The molecule has 0 aliphatic rings. The number of rotatable bonds is 6. The molecular weight excluding hydrogens is 296 g/mol. The van der Waals surface area contributed by atoms with Gasteiger partial charge in [-0.2, -0.15) is 0 Å². The van der Waals surface area contributed by atoms with Gasteiger partial charge in [0.15, 0.2) is 5.16 Å². The van der Waals surface area contributed by atoms with E-state index in [4.69, 9.17) is 11.6 Å². The smallest absolute Gasteiger partial charge is 0.316 e. The van der Waals surface area contributed by atoms with Crippen molar-refractivity contribution in [2.75, 3.05) is 7.05 Å². The molecule has 7 heteroatoms. The summed E-state index contributed by atoms with van der Waals surface area (Å²) in [5.41, 5.74) is 0.918. The Morgan fingerprint density at radius 1 is 1.50 bits per heavy atom. The Kier molecular flexibility index (Phi) is 5.28. The summed E-state index contributed by atoms with van der Waals surface area (Å²) in [7, 11) is 1.89. The van der Waals surface area contributed by atoms with Gasteiger partial charge >= 0.3 is 5.69 Å². The van der Waals surface area contributed by atoms with E-state index >= 15 is 0 Å². The molecule has 0 aliphatic carbocycles. The molecule has 0 bridgehead atoms. The van der Waals surface area contributed by atoms with Gasteiger partial charge in [-0.3, -0.25) is 4.57 Å². The standard InChI is InChI=1S/C13H17ClN4OS/c1-3-6-18-12(19)16-17-13(18)20-11-5-4-10(14)7-9(11)8-15-2/h4-5,7,15H,3,6,8H2,1-2H3,(H,16,19). The molecule has 20 heavy (non-hydrogen) atoms. The van der Waals surface area contributed by atoms with Crippen molar-refractivity contribution in [3.8, 4) is 0 Å². The molecule has 0 saturated carbocycles. The van der Waals surface area contributed by atoms with Crippen molar-refractivity contribution >= 4 is 23.4 Å². The molecule has 0 fully saturated rings. The predicted octanol–water partition coefficient (Wildman–Crippen LogP) is 2.51. The summed E-state index contributed by atoms with van der Waals surface area (Å²) in [5.74, 6) is 0. The van der Waals surface area contributed by atoms with E-state index in [2.05, 4.69) is 15.5 Å². The molecule has 2 N–H and O–H groups in total. The van der Waals surface area contributed by atoms with Gasteiger partial charge in [-0.05, 0) is 49.0 Å². The number of benzene rings is 1. The second-order valence-corrected chi connectivity index (χ2v) is 5.79. The highest BCUT2D eigenvalue weighted by atomic mass is 35.5. The molecule has 0 radical (unpaired) electrons. The largest absolute Gasteiger partial charge is 0.343 e. The van der Waals surface area contributed by atoms with Crippen LogP contribution < -0.4 is 11.0 Å². The van der Waals surface area contributed by atoms with E-state index in [-0.39, 0.29) is 5.69 Å². The first-order valence-electron chi connectivity index (χ1n) is 6.41. The Hall–Kier alpha value is -1.24. The lowest BCUT2D eigenvalue weighted by atomic mass is 10.2. The molecule has 0 spiro atoms. The van der Waals surface area contributed by atoms with Gasteiger partial charge in [-0.15, -0.1) is 5.10 Å². The van der Waals surface area contributed by atoms with E-state index < -0.39 is 0 Å². The minimum atomic E-state index is -0.168. The first-order valence-corrected chi connectivity index (χ1v) is 7.61. The molecule has 0 amide bonds. The van der Waals surface area contributed by atoms with Crippen molar-refractivity contribution in [2.45, 2.75) is 36.5 Å². The van der Waals surface area contributed by atoms with Crippen LogP contribution in [0.3, 0.4) is 0 Å². The quantitative estimate of drug-likeness (QED) is 0.860.